The molecule has 1 aliphatic carbocycles. The van der Waals surface area contributed by atoms with E-state index in [-0.39, 0.29) is 6.10 Å². The van der Waals surface area contributed by atoms with Crippen LogP contribution in [-0.4, -0.2) is 29.6 Å². The van der Waals surface area contributed by atoms with E-state index in [0.29, 0.717) is 11.5 Å². The average molecular weight is 289 g/mol. The summed E-state index contributed by atoms with van der Waals surface area (Å²) < 4.78 is 0. The average Bonchev–Trinajstić information content (AvgIpc) is 2.45. The Balaban J connectivity index is 1.81. The van der Waals surface area contributed by atoms with Gasteiger partial charge < -0.3 is 10.0 Å². The topological polar surface area (TPSA) is 23.5 Å². The van der Waals surface area contributed by atoms with Gasteiger partial charge in [0, 0.05) is 12.6 Å². The van der Waals surface area contributed by atoms with Crippen LogP contribution < -0.4 is 0 Å². The van der Waals surface area contributed by atoms with Crippen LogP contribution in [0.4, 0.5) is 0 Å². The predicted molar refractivity (Wildman–Crippen MR) is 89.4 cm³/mol. The highest BCUT2D eigenvalue weighted by molar-refractivity contribution is 5.27. The van der Waals surface area contributed by atoms with Crippen LogP contribution in [0.15, 0.2) is 24.3 Å². The monoisotopic (exact) mass is 289 g/mol. The molecule has 0 bridgehead atoms. The van der Waals surface area contributed by atoms with Crippen LogP contribution in [0.1, 0.15) is 63.2 Å². The van der Waals surface area contributed by atoms with Gasteiger partial charge in [-0.2, -0.15) is 0 Å². The van der Waals surface area contributed by atoms with E-state index in [9.17, 15) is 5.11 Å². The number of aryl methyl sites for hydroxylation is 1. The van der Waals surface area contributed by atoms with Crippen molar-refractivity contribution in [1.29, 1.82) is 0 Å². The van der Waals surface area contributed by atoms with Crippen LogP contribution in [-0.2, 0) is 0 Å². The Hall–Kier alpha value is -0.860. The second-order valence-corrected chi connectivity index (χ2v) is 7.54. The summed E-state index contributed by atoms with van der Waals surface area (Å²) in [4.78, 5) is 2.46. The summed E-state index contributed by atoms with van der Waals surface area (Å²) in [6, 6.07) is 8.86. The van der Waals surface area contributed by atoms with Crippen LogP contribution in [0.25, 0.3) is 0 Å². The SMILES string of the molecule is Cc1ccccc1C(O)CCN(C)C1CCC(C)(C)CC1. The van der Waals surface area contributed by atoms with Crippen molar-refractivity contribution in [2.45, 2.75) is 65.0 Å². The van der Waals surface area contributed by atoms with E-state index >= 15 is 0 Å². The summed E-state index contributed by atoms with van der Waals surface area (Å²) in [5.41, 5.74) is 2.79. The third-order valence-electron chi connectivity index (χ3n) is 5.23. The summed E-state index contributed by atoms with van der Waals surface area (Å²) in [6.07, 6.45) is 5.72. The Morgan fingerprint density at radius 2 is 1.86 bits per heavy atom. The number of nitrogens with zero attached hydrogens (tertiary/aromatic N) is 1. The molecule has 1 fully saturated rings. The molecule has 1 atom stereocenters. The summed E-state index contributed by atoms with van der Waals surface area (Å²) in [5, 5.41) is 10.4. The van der Waals surface area contributed by atoms with Gasteiger partial charge in [-0.3, -0.25) is 0 Å². The Morgan fingerprint density at radius 3 is 2.48 bits per heavy atom. The summed E-state index contributed by atoms with van der Waals surface area (Å²) in [6.45, 7) is 7.81. The molecule has 0 radical (unpaired) electrons. The minimum atomic E-state index is -0.339. The van der Waals surface area contributed by atoms with Crippen molar-refractivity contribution in [2.24, 2.45) is 5.41 Å². The number of aliphatic hydroxyl groups excluding tert-OH is 1. The molecule has 1 N–H and O–H groups in total. The molecule has 0 aromatic heterocycles. The van der Waals surface area contributed by atoms with Crippen molar-refractivity contribution in [3.8, 4) is 0 Å². The molecule has 0 spiro atoms. The molecule has 2 rings (SSSR count). The maximum atomic E-state index is 10.4. The Kier molecular flexibility index (Phi) is 5.45. The number of rotatable bonds is 5. The van der Waals surface area contributed by atoms with Crippen LogP contribution in [0.2, 0.25) is 0 Å². The minimum absolute atomic E-state index is 0.339. The molecule has 0 saturated heterocycles. The lowest BCUT2D eigenvalue weighted by Crippen LogP contribution is -2.38. The molecule has 2 heteroatoms. The van der Waals surface area contributed by atoms with Crippen molar-refractivity contribution in [2.75, 3.05) is 13.6 Å². The van der Waals surface area contributed by atoms with Crippen molar-refractivity contribution in [1.82, 2.24) is 4.90 Å². The minimum Gasteiger partial charge on any atom is -0.388 e. The standard InChI is InChI=1S/C19H31NO/c1-15-7-5-6-8-17(15)18(21)11-14-20(4)16-9-12-19(2,3)13-10-16/h5-8,16,18,21H,9-14H2,1-4H3. The van der Waals surface area contributed by atoms with Crippen LogP contribution >= 0.6 is 0 Å². The highest BCUT2D eigenvalue weighted by Gasteiger charge is 2.28. The molecule has 1 aromatic carbocycles. The van der Waals surface area contributed by atoms with Crippen molar-refractivity contribution in [3.05, 3.63) is 35.4 Å². The molecular formula is C19H31NO. The van der Waals surface area contributed by atoms with E-state index < -0.39 is 0 Å². The zero-order valence-corrected chi connectivity index (χ0v) is 14.1. The van der Waals surface area contributed by atoms with Gasteiger partial charge in [0.2, 0.25) is 0 Å². The second kappa shape index (κ2) is 6.93. The van der Waals surface area contributed by atoms with E-state index in [1.54, 1.807) is 0 Å². The molecule has 118 valence electrons. The second-order valence-electron chi connectivity index (χ2n) is 7.54. The lowest BCUT2D eigenvalue weighted by atomic mass is 9.75. The first-order valence-corrected chi connectivity index (χ1v) is 8.33. The summed E-state index contributed by atoms with van der Waals surface area (Å²) >= 11 is 0. The van der Waals surface area contributed by atoms with E-state index in [1.807, 2.05) is 18.2 Å². The van der Waals surface area contributed by atoms with E-state index in [2.05, 4.69) is 38.8 Å². The molecule has 21 heavy (non-hydrogen) atoms. The molecule has 1 saturated carbocycles. The summed E-state index contributed by atoms with van der Waals surface area (Å²) in [7, 11) is 2.22. The lowest BCUT2D eigenvalue weighted by molar-refractivity contribution is 0.101. The maximum Gasteiger partial charge on any atom is 0.0804 e. The van der Waals surface area contributed by atoms with Crippen LogP contribution in [0.3, 0.4) is 0 Å². The maximum absolute atomic E-state index is 10.4. The van der Waals surface area contributed by atoms with Gasteiger partial charge in [-0.25, -0.2) is 0 Å². The largest absolute Gasteiger partial charge is 0.388 e. The molecule has 0 aliphatic heterocycles. The fourth-order valence-corrected chi connectivity index (χ4v) is 3.45. The number of aliphatic hydroxyl groups is 1. The van der Waals surface area contributed by atoms with Crippen molar-refractivity contribution >= 4 is 0 Å². The number of hydrogen-bond donors (Lipinski definition) is 1. The Labute approximate surface area is 130 Å². The Morgan fingerprint density at radius 1 is 1.24 bits per heavy atom. The molecule has 0 amide bonds. The zero-order chi connectivity index (χ0) is 15.5. The lowest BCUT2D eigenvalue weighted by Gasteiger charge is -2.38. The first-order valence-electron chi connectivity index (χ1n) is 8.33. The molecule has 2 nitrogen and oxygen atoms in total. The highest BCUT2D eigenvalue weighted by atomic mass is 16.3. The number of hydrogen-bond acceptors (Lipinski definition) is 2. The van der Waals surface area contributed by atoms with Crippen molar-refractivity contribution < 1.29 is 5.11 Å². The third-order valence-corrected chi connectivity index (χ3v) is 5.23. The predicted octanol–water partition coefficient (Wildman–Crippen LogP) is 4.32. The van der Waals surface area contributed by atoms with Gasteiger partial charge in [-0.1, -0.05) is 38.1 Å². The normalized spacial score (nSPS) is 20.7. The molecule has 0 heterocycles. The molecule has 1 aliphatic rings. The fraction of sp³-hybridized carbons (Fsp3) is 0.684. The zero-order valence-electron chi connectivity index (χ0n) is 14.1. The van der Waals surface area contributed by atoms with Gasteiger partial charge in [0.15, 0.2) is 0 Å². The fourth-order valence-electron chi connectivity index (χ4n) is 3.45. The van der Waals surface area contributed by atoms with Gasteiger partial charge >= 0.3 is 0 Å². The molecular weight excluding hydrogens is 258 g/mol. The quantitative estimate of drug-likeness (QED) is 0.872. The van der Waals surface area contributed by atoms with Gasteiger partial charge in [0.05, 0.1) is 6.10 Å². The van der Waals surface area contributed by atoms with Crippen LogP contribution in [0, 0.1) is 12.3 Å². The Bertz CT molecular complexity index is 445. The first-order chi connectivity index (χ1) is 9.89. The van der Waals surface area contributed by atoms with E-state index in [1.165, 1.54) is 31.2 Å². The van der Waals surface area contributed by atoms with Gasteiger partial charge in [-0.05, 0) is 62.6 Å². The summed E-state index contributed by atoms with van der Waals surface area (Å²) in [5.74, 6) is 0. The smallest absolute Gasteiger partial charge is 0.0804 e. The van der Waals surface area contributed by atoms with Gasteiger partial charge in [0.25, 0.3) is 0 Å². The van der Waals surface area contributed by atoms with Gasteiger partial charge in [-0.15, -0.1) is 0 Å². The van der Waals surface area contributed by atoms with Crippen molar-refractivity contribution in [3.63, 3.8) is 0 Å². The van der Waals surface area contributed by atoms with Gasteiger partial charge in [0.1, 0.15) is 0 Å². The third kappa shape index (κ3) is 4.55. The van der Waals surface area contributed by atoms with E-state index in [4.69, 9.17) is 0 Å². The van der Waals surface area contributed by atoms with Crippen LogP contribution in [0.5, 0.6) is 0 Å². The first kappa shape index (κ1) is 16.5. The number of benzene rings is 1. The molecule has 1 unspecified atom stereocenters. The highest BCUT2D eigenvalue weighted by Crippen LogP contribution is 2.36. The molecule has 1 aromatic rings. The van der Waals surface area contributed by atoms with E-state index in [0.717, 1.165) is 18.5 Å².